The fourth-order valence-electron chi connectivity index (χ4n) is 5.99. The molecule has 0 radical (unpaired) electrons. The van der Waals surface area contributed by atoms with Gasteiger partial charge in [-0.15, -0.1) is 0 Å². The first-order valence-electron chi connectivity index (χ1n) is 14.8. The van der Waals surface area contributed by atoms with Gasteiger partial charge in [-0.25, -0.2) is 9.80 Å². The van der Waals surface area contributed by atoms with Gasteiger partial charge in [0.05, 0.1) is 31.4 Å². The van der Waals surface area contributed by atoms with Gasteiger partial charge in [0.1, 0.15) is 6.04 Å². The summed E-state index contributed by atoms with van der Waals surface area (Å²) in [6.07, 6.45) is 0.706. The van der Waals surface area contributed by atoms with Crippen molar-refractivity contribution in [3.05, 3.63) is 59.7 Å². The Balaban J connectivity index is 1.56. The molecule has 43 heavy (non-hydrogen) atoms. The number of carbonyl (C=O) groups excluding carboxylic acids is 2. The first-order chi connectivity index (χ1) is 20.3. The molecule has 0 unspecified atom stereocenters. The average Bonchev–Trinajstić information content (AvgIpc) is 2.97. The maximum atomic E-state index is 14.0. The molecule has 0 spiro atoms. The van der Waals surface area contributed by atoms with E-state index in [2.05, 4.69) is 0 Å². The molecule has 2 aromatic carbocycles. The van der Waals surface area contributed by atoms with Crippen LogP contribution in [0.4, 0.5) is 4.79 Å². The Morgan fingerprint density at radius 3 is 2.23 bits per heavy atom. The van der Waals surface area contributed by atoms with Gasteiger partial charge in [0, 0.05) is 37.0 Å². The van der Waals surface area contributed by atoms with Crippen molar-refractivity contribution in [2.24, 2.45) is 10.5 Å². The maximum Gasteiger partial charge on any atom is 0.408 e. The lowest BCUT2D eigenvalue weighted by Crippen LogP contribution is -2.60. The van der Waals surface area contributed by atoms with Crippen LogP contribution in [0.25, 0.3) is 0 Å². The fraction of sp³-hybridized carbons (Fsp3) is 0.515. The fourth-order valence-corrected chi connectivity index (χ4v) is 5.99. The van der Waals surface area contributed by atoms with Gasteiger partial charge in [-0.1, -0.05) is 44.2 Å². The Morgan fingerprint density at radius 1 is 1.05 bits per heavy atom. The van der Waals surface area contributed by atoms with Gasteiger partial charge in [-0.2, -0.15) is 5.10 Å². The van der Waals surface area contributed by atoms with Gasteiger partial charge in [0.25, 0.3) is 0 Å². The minimum atomic E-state index is -1.13. The lowest BCUT2D eigenvalue weighted by atomic mass is 9.82. The minimum Gasteiger partial charge on any atom is -0.493 e. The lowest BCUT2D eigenvalue weighted by molar-refractivity contribution is -0.146. The predicted molar refractivity (Wildman–Crippen MR) is 164 cm³/mol. The second-order valence-corrected chi connectivity index (χ2v) is 12.9. The predicted octanol–water partition coefficient (Wildman–Crippen LogP) is 5.05. The first kappa shape index (κ1) is 31.8. The number of amides is 3. The van der Waals surface area contributed by atoms with Crippen LogP contribution in [0.3, 0.4) is 0 Å². The second-order valence-electron chi connectivity index (χ2n) is 12.9. The second kappa shape index (κ2) is 12.7. The highest BCUT2D eigenvalue weighted by atomic mass is 16.5. The number of nitrogens with zero attached hydrogens (tertiary/aromatic N) is 4. The summed E-state index contributed by atoms with van der Waals surface area (Å²) in [7, 11) is 3.17. The summed E-state index contributed by atoms with van der Waals surface area (Å²) in [5.41, 5.74) is 1.10. The van der Waals surface area contributed by atoms with Gasteiger partial charge in [0.2, 0.25) is 11.8 Å². The zero-order valence-corrected chi connectivity index (χ0v) is 26.3. The molecule has 0 aliphatic carbocycles. The number of rotatable bonds is 8. The number of hydrogen-bond donors (Lipinski definition) is 1. The monoisotopic (exact) mass is 592 g/mol. The maximum absolute atomic E-state index is 14.0. The Hall–Kier alpha value is -4.08. The van der Waals surface area contributed by atoms with E-state index in [0.717, 1.165) is 16.8 Å². The van der Waals surface area contributed by atoms with Crippen molar-refractivity contribution in [2.45, 2.75) is 77.9 Å². The number of methoxy groups -OCH3 is 2. The van der Waals surface area contributed by atoms with Gasteiger partial charge < -0.3 is 19.5 Å². The van der Waals surface area contributed by atoms with Crippen LogP contribution in [-0.4, -0.2) is 88.5 Å². The third kappa shape index (κ3) is 6.95. The molecule has 0 bridgehead atoms. The molecule has 10 heteroatoms. The van der Waals surface area contributed by atoms with Crippen molar-refractivity contribution in [1.82, 2.24) is 14.8 Å². The van der Waals surface area contributed by atoms with Crippen molar-refractivity contribution in [3.63, 3.8) is 0 Å². The van der Waals surface area contributed by atoms with E-state index in [-0.39, 0.29) is 24.3 Å². The van der Waals surface area contributed by atoms with Crippen LogP contribution >= 0.6 is 0 Å². The number of hydrogen-bond acceptors (Lipinski definition) is 6. The highest BCUT2D eigenvalue weighted by molar-refractivity contribution is 6.06. The molecule has 4 rings (SSSR count). The highest BCUT2D eigenvalue weighted by Crippen LogP contribution is 2.36. The third-order valence-corrected chi connectivity index (χ3v) is 8.26. The molecule has 1 fully saturated rings. The van der Waals surface area contributed by atoms with Crippen LogP contribution in [0.1, 0.15) is 65.0 Å². The molecule has 2 aliphatic heterocycles. The van der Waals surface area contributed by atoms with E-state index in [4.69, 9.17) is 14.6 Å². The smallest absolute Gasteiger partial charge is 0.408 e. The number of carboxylic acid groups (broad SMARTS) is 1. The van der Waals surface area contributed by atoms with Crippen molar-refractivity contribution >= 4 is 23.6 Å². The van der Waals surface area contributed by atoms with Crippen LogP contribution in [0.2, 0.25) is 0 Å². The molecule has 1 saturated heterocycles. The Bertz CT molecular complexity index is 1360. The molecule has 3 amide bonds. The largest absolute Gasteiger partial charge is 0.493 e. The Morgan fingerprint density at radius 2 is 1.67 bits per heavy atom. The molecule has 10 nitrogen and oxygen atoms in total. The molecule has 0 saturated carbocycles. The summed E-state index contributed by atoms with van der Waals surface area (Å²) < 4.78 is 10.9. The van der Waals surface area contributed by atoms with Crippen molar-refractivity contribution in [2.75, 3.05) is 27.3 Å². The summed E-state index contributed by atoms with van der Waals surface area (Å²) in [6.45, 7) is 10.1. The lowest BCUT2D eigenvalue weighted by Gasteiger charge is -2.44. The summed E-state index contributed by atoms with van der Waals surface area (Å²) >= 11 is 0. The summed E-state index contributed by atoms with van der Waals surface area (Å²) in [4.78, 5) is 43.0. The number of likely N-dealkylation sites (tertiary alicyclic amines) is 1. The van der Waals surface area contributed by atoms with Gasteiger partial charge >= 0.3 is 6.09 Å². The normalized spacial score (nSPS) is 18.1. The molecule has 1 atom stereocenters. The molecular formula is C33H44N4O6. The van der Waals surface area contributed by atoms with Gasteiger partial charge in [-0.05, 0) is 57.4 Å². The van der Waals surface area contributed by atoms with Crippen LogP contribution in [0.5, 0.6) is 11.5 Å². The van der Waals surface area contributed by atoms with E-state index < -0.39 is 23.1 Å². The Kier molecular flexibility index (Phi) is 9.37. The van der Waals surface area contributed by atoms with E-state index >= 15 is 0 Å². The summed E-state index contributed by atoms with van der Waals surface area (Å²) in [5.74, 6) is 0.935. The van der Waals surface area contributed by atoms with Crippen LogP contribution in [0, 0.1) is 5.41 Å². The molecule has 0 aromatic heterocycles. The molecule has 2 heterocycles. The van der Waals surface area contributed by atoms with Crippen LogP contribution < -0.4 is 9.47 Å². The third-order valence-electron chi connectivity index (χ3n) is 8.26. The van der Waals surface area contributed by atoms with E-state index in [1.165, 1.54) is 4.90 Å². The number of ether oxygens (including phenoxy) is 2. The van der Waals surface area contributed by atoms with E-state index in [1.54, 1.807) is 44.9 Å². The quantitative estimate of drug-likeness (QED) is 0.459. The summed E-state index contributed by atoms with van der Waals surface area (Å²) in [5, 5.41) is 16.6. The zero-order valence-electron chi connectivity index (χ0n) is 26.3. The summed E-state index contributed by atoms with van der Waals surface area (Å²) in [6, 6.07) is 14.1. The molecule has 2 aromatic rings. The van der Waals surface area contributed by atoms with Crippen molar-refractivity contribution in [3.8, 4) is 11.5 Å². The number of carbonyl (C=O) groups is 3. The number of benzene rings is 2. The van der Waals surface area contributed by atoms with Gasteiger partial charge in [-0.3, -0.25) is 14.5 Å². The SMILES string of the molecule is COc1ccc(C2=NN(C3CCN(C(=O)[C@H](Cc4ccccc4)N(C(=O)O)C(C)(C)C)CC3)C(=O)C(C)(C)C2)cc1OC. The van der Waals surface area contributed by atoms with Gasteiger partial charge in [0.15, 0.2) is 11.5 Å². The molecule has 232 valence electrons. The Labute approximate surface area is 254 Å². The molecular weight excluding hydrogens is 548 g/mol. The topological polar surface area (TPSA) is 112 Å². The minimum absolute atomic E-state index is 0.0479. The molecule has 1 N–H and O–H groups in total. The standard InChI is InChI=1S/C33H44N4O6/c1-32(2,3)36(31(40)41)26(19-22-11-9-8-10-12-22)29(38)35-17-15-24(16-18-35)37-30(39)33(4,5)21-25(34-37)23-13-14-27(42-6)28(20-23)43-7/h8-14,20,24,26H,15-19,21H2,1-7H3,(H,40,41)/t26-/m0/s1. The number of piperidine rings is 1. The van der Waals surface area contributed by atoms with Crippen molar-refractivity contribution < 1.29 is 29.0 Å². The van der Waals surface area contributed by atoms with E-state index in [9.17, 15) is 19.5 Å². The van der Waals surface area contributed by atoms with Crippen LogP contribution in [0.15, 0.2) is 53.6 Å². The first-order valence-corrected chi connectivity index (χ1v) is 14.8. The van der Waals surface area contributed by atoms with E-state index in [1.807, 2.05) is 62.4 Å². The zero-order chi connectivity index (χ0) is 31.5. The van der Waals surface area contributed by atoms with Crippen molar-refractivity contribution in [1.29, 1.82) is 0 Å². The highest BCUT2D eigenvalue weighted by Gasteiger charge is 2.44. The number of hydrazone groups is 1. The van der Waals surface area contributed by atoms with Crippen LogP contribution in [-0.2, 0) is 16.0 Å². The van der Waals surface area contributed by atoms with E-state index in [0.29, 0.717) is 43.9 Å². The average molecular weight is 593 g/mol. The molecule has 2 aliphatic rings.